The van der Waals surface area contributed by atoms with Crippen LogP contribution in [0.3, 0.4) is 0 Å². The summed E-state index contributed by atoms with van der Waals surface area (Å²) in [7, 11) is -4.45. The first-order valence-corrected chi connectivity index (χ1v) is 5.19. The molecule has 0 heterocycles. The molecule has 0 fully saturated rings. The van der Waals surface area contributed by atoms with Gasteiger partial charge < -0.3 is 5.11 Å². The Morgan fingerprint density at radius 3 is 2.23 bits per heavy atom. The third kappa shape index (κ3) is 4.81. The van der Waals surface area contributed by atoms with Crippen molar-refractivity contribution < 1.29 is 22.9 Å². The third-order valence-electron chi connectivity index (χ3n) is 1.75. The predicted molar refractivity (Wildman–Crippen MR) is 45.6 cm³/mol. The van der Waals surface area contributed by atoms with E-state index >= 15 is 0 Å². The Kier molecular flexibility index (Phi) is 4.31. The molecule has 6 nitrogen and oxygen atoms in total. The van der Waals surface area contributed by atoms with Gasteiger partial charge in [-0.15, -0.1) is 0 Å². The first-order valence-electron chi connectivity index (χ1n) is 3.75. The fraction of sp³-hybridized carbons (Fsp3) is 0.833. The van der Waals surface area contributed by atoms with E-state index < -0.39 is 22.3 Å². The van der Waals surface area contributed by atoms with E-state index in [0.29, 0.717) is 6.42 Å². The van der Waals surface area contributed by atoms with Crippen LogP contribution in [0.2, 0.25) is 0 Å². The fourth-order valence-electron chi connectivity index (χ4n) is 0.806. The minimum Gasteiger partial charge on any atom is -0.480 e. The van der Waals surface area contributed by atoms with Crippen LogP contribution >= 0.6 is 0 Å². The van der Waals surface area contributed by atoms with Gasteiger partial charge in [-0.2, -0.15) is 13.1 Å². The molecular formula is C6H13NO5S. The van der Waals surface area contributed by atoms with Gasteiger partial charge in [0.25, 0.3) is 0 Å². The van der Waals surface area contributed by atoms with E-state index in [1.165, 1.54) is 0 Å². The summed E-state index contributed by atoms with van der Waals surface area (Å²) in [5.74, 6) is -1.67. The molecular weight excluding hydrogens is 198 g/mol. The highest BCUT2D eigenvalue weighted by Gasteiger charge is 2.27. The van der Waals surface area contributed by atoms with Gasteiger partial charge >= 0.3 is 16.3 Å². The summed E-state index contributed by atoms with van der Waals surface area (Å²) in [6, 6.07) is -1.28. The topological polar surface area (TPSA) is 104 Å². The van der Waals surface area contributed by atoms with E-state index in [0.717, 1.165) is 0 Å². The molecule has 0 aliphatic heterocycles. The summed E-state index contributed by atoms with van der Waals surface area (Å²) in [5, 5.41) is 8.60. The minimum atomic E-state index is -4.45. The normalized spacial score (nSPS) is 16.5. The van der Waals surface area contributed by atoms with Gasteiger partial charge in [-0.25, -0.2) is 0 Å². The molecule has 0 aromatic carbocycles. The molecule has 0 rings (SSSR count). The number of aliphatic carboxylic acids is 1. The van der Waals surface area contributed by atoms with E-state index in [9.17, 15) is 13.2 Å². The Balaban J connectivity index is 4.54. The quantitative estimate of drug-likeness (QED) is 0.550. The first-order chi connectivity index (χ1) is 5.78. The lowest BCUT2D eigenvalue weighted by atomic mass is 10.0. The van der Waals surface area contributed by atoms with Crippen molar-refractivity contribution in [2.45, 2.75) is 26.3 Å². The molecule has 0 bridgehead atoms. The van der Waals surface area contributed by atoms with Gasteiger partial charge in [-0.1, -0.05) is 20.3 Å². The second-order valence-electron chi connectivity index (χ2n) is 2.79. The number of hydrogen-bond acceptors (Lipinski definition) is 3. The van der Waals surface area contributed by atoms with Crippen LogP contribution in [0.4, 0.5) is 0 Å². The van der Waals surface area contributed by atoms with Crippen molar-refractivity contribution in [2.24, 2.45) is 5.92 Å². The smallest absolute Gasteiger partial charge is 0.334 e. The summed E-state index contributed by atoms with van der Waals surface area (Å²) in [6.45, 7) is 3.31. The summed E-state index contributed by atoms with van der Waals surface area (Å²) in [5.41, 5.74) is 0. The maximum Gasteiger partial charge on any atom is 0.334 e. The van der Waals surface area contributed by atoms with Gasteiger partial charge in [0.1, 0.15) is 6.04 Å². The number of rotatable bonds is 5. The molecule has 0 amide bonds. The Labute approximate surface area is 76.8 Å². The van der Waals surface area contributed by atoms with Crippen molar-refractivity contribution in [1.29, 1.82) is 0 Å². The standard InChI is InChI=1S/C6H13NO5S/c1-3-4(2)5(6(8)9)7-13(10,11)12/h4-5,7H,3H2,1-2H3,(H,8,9)(H,10,11,12)/t4-,5-/m0/s1. The molecule has 0 unspecified atom stereocenters. The minimum absolute atomic E-state index is 0.376. The molecule has 0 aromatic rings. The van der Waals surface area contributed by atoms with Crippen LogP contribution < -0.4 is 4.72 Å². The van der Waals surface area contributed by atoms with Crippen molar-refractivity contribution in [1.82, 2.24) is 4.72 Å². The van der Waals surface area contributed by atoms with Crippen molar-refractivity contribution in [3.05, 3.63) is 0 Å². The Morgan fingerprint density at radius 1 is 1.54 bits per heavy atom. The second kappa shape index (κ2) is 4.54. The van der Waals surface area contributed by atoms with Crippen LogP contribution in [0.1, 0.15) is 20.3 Å². The van der Waals surface area contributed by atoms with Crippen molar-refractivity contribution in [2.75, 3.05) is 0 Å². The van der Waals surface area contributed by atoms with Gasteiger partial charge in [0.2, 0.25) is 0 Å². The largest absolute Gasteiger partial charge is 0.480 e. The molecule has 0 spiro atoms. The van der Waals surface area contributed by atoms with Crippen LogP contribution in [0.5, 0.6) is 0 Å². The van der Waals surface area contributed by atoms with E-state index in [2.05, 4.69) is 0 Å². The zero-order valence-electron chi connectivity index (χ0n) is 7.39. The molecule has 0 aliphatic rings. The van der Waals surface area contributed by atoms with E-state index in [-0.39, 0.29) is 5.92 Å². The first kappa shape index (κ1) is 12.3. The Bertz CT molecular complexity index is 273. The van der Waals surface area contributed by atoms with Crippen LogP contribution in [0, 0.1) is 5.92 Å². The monoisotopic (exact) mass is 211 g/mol. The van der Waals surface area contributed by atoms with Crippen LogP contribution in [-0.2, 0) is 15.1 Å². The molecule has 13 heavy (non-hydrogen) atoms. The second-order valence-corrected chi connectivity index (χ2v) is 3.98. The van der Waals surface area contributed by atoms with Crippen LogP contribution in [0.25, 0.3) is 0 Å². The molecule has 0 aliphatic carbocycles. The highest BCUT2D eigenvalue weighted by atomic mass is 32.2. The average Bonchev–Trinajstić information content (AvgIpc) is 1.96. The predicted octanol–water partition coefficient (Wildman–Crippen LogP) is -0.122. The van der Waals surface area contributed by atoms with Gasteiger partial charge in [-0.05, 0) is 5.92 Å². The highest BCUT2D eigenvalue weighted by Crippen LogP contribution is 2.08. The number of nitrogens with one attached hydrogen (secondary N) is 1. The average molecular weight is 211 g/mol. The third-order valence-corrected chi connectivity index (χ3v) is 2.31. The molecule has 78 valence electrons. The van der Waals surface area contributed by atoms with Gasteiger partial charge in [0.15, 0.2) is 0 Å². The van der Waals surface area contributed by atoms with Gasteiger partial charge in [-0.3, -0.25) is 9.35 Å². The lowest BCUT2D eigenvalue weighted by molar-refractivity contribution is -0.140. The summed E-state index contributed by atoms with van der Waals surface area (Å²) >= 11 is 0. The zero-order chi connectivity index (χ0) is 10.6. The van der Waals surface area contributed by atoms with Crippen molar-refractivity contribution in [3.8, 4) is 0 Å². The van der Waals surface area contributed by atoms with Gasteiger partial charge in [0.05, 0.1) is 0 Å². The van der Waals surface area contributed by atoms with Crippen molar-refractivity contribution >= 4 is 16.3 Å². The summed E-state index contributed by atoms with van der Waals surface area (Å²) < 4.78 is 30.7. The summed E-state index contributed by atoms with van der Waals surface area (Å²) in [4.78, 5) is 10.5. The Hall–Kier alpha value is -0.660. The number of hydrogen-bond donors (Lipinski definition) is 3. The molecule has 0 saturated carbocycles. The van der Waals surface area contributed by atoms with Gasteiger partial charge in [0, 0.05) is 0 Å². The van der Waals surface area contributed by atoms with E-state index in [4.69, 9.17) is 9.66 Å². The number of carboxylic acid groups (broad SMARTS) is 1. The molecule has 0 saturated heterocycles. The summed E-state index contributed by atoms with van der Waals surface area (Å²) in [6.07, 6.45) is 0.499. The lowest BCUT2D eigenvalue weighted by Crippen LogP contribution is -2.44. The maximum absolute atomic E-state index is 10.5. The lowest BCUT2D eigenvalue weighted by Gasteiger charge is -2.17. The van der Waals surface area contributed by atoms with Crippen LogP contribution in [0.15, 0.2) is 0 Å². The molecule has 0 radical (unpaired) electrons. The molecule has 2 atom stereocenters. The van der Waals surface area contributed by atoms with E-state index in [1.54, 1.807) is 18.6 Å². The van der Waals surface area contributed by atoms with E-state index in [1.807, 2.05) is 0 Å². The fourth-order valence-corrected chi connectivity index (χ4v) is 1.46. The Morgan fingerprint density at radius 2 is 2.00 bits per heavy atom. The van der Waals surface area contributed by atoms with Crippen LogP contribution in [-0.4, -0.2) is 30.1 Å². The maximum atomic E-state index is 10.5. The molecule has 3 N–H and O–H groups in total. The SMILES string of the molecule is CC[C@H](C)[C@H](NS(=O)(=O)O)C(=O)O. The number of carboxylic acids is 1. The molecule has 0 aromatic heterocycles. The number of carbonyl (C=O) groups is 1. The zero-order valence-corrected chi connectivity index (χ0v) is 8.21. The van der Waals surface area contributed by atoms with Crippen molar-refractivity contribution in [3.63, 3.8) is 0 Å². The highest BCUT2D eigenvalue weighted by molar-refractivity contribution is 7.83. The molecule has 7 heteroatoms.